The van der Waals surface area contributed by atoms with Crippen LogP contribution in [-0.4, -0.2) is 37.8 Å². The zero-order valence-electron chi connectivity index (χ0n) is 15.1. The van der Waals surface area contributed by atoms with Crippen molar-refractivity contribution < 1.29 is 9.53 Å². The van der Waals surface area contributed by atoms with Gasteiger partial charge in [-0.3, -0.25) is 4.98 Å². The Morgan fingerprint density at radius 2 is 1.81 bits per heavy atom. The van der Waals surface area contributed by atoms with E-state index in [-0.39, 0.29) is 6.03 Å². The van der Waals surface area contributed by atoms with E-state index in [0.29, 0.717) is 12.5 Å². The molecule has 0 unspecified atom stereocenters. The minimum Gasteiger partial charge on any atom is -0.497 e. The Morgan fingerprint density at radius 1 is 1.12 bits per heavy atom. The molecular formula is C20H26N4O2. The minimum atomic E-state index is -0.114. The predicted molar refractivity (Wildman–Crippen MR) is 102 cm³/mol. The summed E-state index contributed by atoms with van der Waals surface area (Å²) >= 11 is 0. The second-order valence-corrected chi connectivity index (χ2v) is 6.55. The molecule has 2 N–H and O–H groups in total. The maximum atomic E-state index is 12.0. The second-order valence-electron chi connectivity index (χ2n) is 6.55. The lowest BCUT2D eigenvalue weighted by Gasteiger charge is -2.33. The highest BCUT2D eigenvalue weighted by Gasteiger charge is 2.19. The number of anilines is 1. The number of rotatable bonds is 6. The van der Waals surface area contributed by atoms with E-state index in [1.54, 1.807) is 7.11 Å². The second kappa shape index (κ2) is 9.08. The third kappa shape index (κ3) is 5.12. The van der Waals surface area contributed by atoms with Crippen LogP contribution in [0, 0.1) is 5.92 Å². The van der Waals surface area contributed by atoms with Crippen molar-refractivity contribution in [1.82, 2.24) is 15.6 Å². The van der Waals surface area contributed by atoms with Crippen LogP contribution in [-0.2, 0) is 6.54 Å². The topological polar surface area (TPSA) is 66.5 Å². The standard InChI is InChI=1S/C20H26N4O2/c1-26-19-4-2-16(3-5-19)14-22-20(25)23-15-17-8-12-24(13-9-17)18-6-10-21-11-7-18/h2-7,10-11,17H,8-9,12-15H2,1H3,(H2,22,23,25). The third-order valence-corrected chi connectivity index (χ3v) is 4.81. The highest BCUT2D eigenvalue weighted by atomic mass is 16.5. The molecule has 138 valence electrons. The first-order valence-corrected chi connectivity index (χ1v) is 9.04. The van der Waals surface area contributed by atoms with E-state index < -0.39 is 0 Å². The molecule has 1 aromatic heterocycles. The molecule has 1 fully saturated rings. The molecule has 1 aliphatic rings. The molecule has 26 heavy (non-hydrogen) atoms. The molecule has 0 bridgehead atoms. The molecule has 0 saturated carbocycles. The maximum Gasteiger partial charge on any atom is 0.315 e. The van der Waals surface area contributed by atoms with E-state index in [4.69, 9.17) is 4.74 Å². The number of urea groups is 1. The Kier molecular flexibility index (Phi) is 6.30. The largest absolute Gasteiger partial charge is 0.497 e. The summed E-state index contributed by atoms with van der Waals surface area (Å²) in [6.07, 6.45) is 5.83. The van der Waals surface area contributed by atoms with Crippen LogP contribution < -0.4 is 20.3 Å². The van der Waals surface area contributed by atoms with Gasteiger partial charge in [0.1, 0.15) is 5.75 Å². The molecule has 2 heterocycles. The average Bonchev–Trinajstić information content (AvgIpc) is 2.72. The van der Waals surface area contributed by atoms with Crippen LogP contribution in [0.3, 0.4) is 0 Å². The van der Waals surface area contributed by atoms with Gasteiger partial charge >= 0.3 is 6.03 Å². The number of hydrogen-bond donors (Lipinski definition) is 2. The van der Waals surface area contributed by atoms with Gasteiger partial charge in [-0.25, -0.2) is 4.79 Å². The van der Waals surface area contributed by atoms with E-state index in [1.807, 2.05) is 48.8 Å². The van der Waals surface area contributed by atoms with Gasteiger partial charge in [0.25, 0.3) is 0 Å². The third-order valence-electron chi connectivity index (χ3n) is 4.81. The fourth-order valence-corrected chi connectivity index (χ4v) is 3.18. The molecule has 2 amide bonds. The first kappa shape index (κ1) is 18.0. The van der Waals surface area contributed by atoms with Crippen molar-refractivity contribution in [3.8, 4) is 5.75 Å². The molecule has 3 rings (SSSR count). The number of benzene rings is 1. The summed E-state index contributed by atoms with van der Waals surface area (Å²) < 4.78 is 5.13. The molecule has 0 atom stereocenters. The van der Waals surface area contributed by atoms with E-state index in [0.717, 1.165) is 43.8 Å². The fourth-order valence-electron chi connectivity index (χ4n) is 3.18. The Labute approximate surface area is 154 Å². The van der Waals surface area contributed by atoms with Crippen molar-refractivity contribution in [2.75, 3.05) is 31.6 Å². The van der Waals surface area contributed by atoms with Crippen molar-refractivity contribution >= 4 is 11.7 Å². The molecule has 1 aromatic carbocycles. The number of nitrogens with zero attached hydrogens (tertiary/aromatic N) is 2. The summed E-state index contributed by atoms with van der Waals surface area (Å²) in [7, 11) is 1.64. The van der Waals surface area contributed by atoms with Crippen LogP contribution in [0.15, 0.2) is 48.8 Å². The number of amides is 2. The van der Waals surface area contributed by atoms with E-state index in [9.17, 15) is 4.79 Å². The number of methoxy groups -OCH3 is 1. The van der Waals surface area contributed by atoms with Crippen molar-refractivity contribution in [1.29, 1.82) is 0 Å². The number of pyridine rings is 1. The molecule has 6 nitrogen and oxygen atoms in total. The van der Waals surface area contributed by atoms with Crippen molar-refractivity contribution in [2.45, 2.75) is 19.4 Å². The number of nitrogens with one attached hydrogen (secondary N) is 2. The normalized spacial score (nSPS) is 14.7. The predicted octanol–water partition coefficient (Wildman–Crippen LogP) is 2.81. The minimum absolute atomic E-state index is 0.114. The summed E-state index contributed by atoms with van der Waals surface area (Å²) in [5.41, 5.74) is 2.27. The molecule has 1 aliphatic heterocycles. The number of aromatic nitrogens is 1. The van der Waals surface area contributed by atoms with Gasteiger partial charge in [0.05, 0.1) is 7.11 Å². The lowest BCUT2D eigenvalue weighted by atomic mass is 9.96. The van der Waals surface area contributed by atoms with Crippen LogP contribution in [0.5, 0.6) is 5.75 Å². The van der Waals surface area contributed by atoms with Gasteiger partial charge in [-0.05, 0) is 48.6 Å². The Balaban J connectivity index is 1.34. The van der Waals surface area contributed by atoms with E-state index in [2.05, 4.69) is 20.5 Å². The van der Waals surface area contributed by atoms with Gasteiger partial charge in [-0.15, -0.1) is 0 Å². The molecule has 2 aromatic rings. The van der Waals surface area contributed by atoms with Crippen molar-refractivity contribution in [2.24, 2.45) is 5.92 Å². The zero-order chi connectivity index (χ0) is 18.2. The van der Waals surface area contributed by atoms with Crippen LogP contribution in [0.4, 0.5) is 10.5 Å². The van der Waals surface area contributed by atoms with Gasteiger partial charge in [-0.2, -0.15) is 0 Å². The Morgan fingerprint density at radius 3 is 2.46 bits per heavy atom. The average molecular weight is 354 g/mol. The number of piperidine rings is 1. The van der Waals surface area contributed by atoms with Crippen molar-refractivity contribution in [3.63, 3.8) is 0 Å². The summed E-state index contributed by atoms with van der Waals surface area (Å²) in [5.74, 6) is 1.34. The molecule has 6 heteroatoms. The maximum absolute atomic E-state index is 12.0. The van der Waals surface area contributed by atoms with Crippen LogP contribution in [0.1, 0.15) is 18.4 Å². The number of ether oxygens (including phenoxy) is 1. The summed E-state index contributed by atoms with van der Waals surface area (Å²) in [5, 5.41) is 5.90. The fraction of sp³-hybridized carbons (Fsp3) is 0.400. The molecule has 0 radical (unpaired) electrons. The molecule has 1 saturated heterocycles. The molecule has 0 spiro atoms. The number of carbonyl (C=O) groups excluding carboxylic acids is 1. The van der Waals surface area contributed by atoms with Crippen LogP contribution >= 0.6 is 0 Å². The zero-order valence-corrected chi connectivity index (χ0v) is 15.1. The summed E-state index contributed by atoms with van der Waals surface area (Å²) in [6.45, 7) is 3.27. The van der Waals surface area contributed by atoms with Crippen LogP contribution in [0.2, 0.25) is 0 Å². The van der Waals surface area contributed by atoms with Gasteiger partial charge in [0, 0.05) is 44.3 Å². The first-order valence-electron chi connectivity index (χ1n) is 9.04. The molecular weight excluding hydrogens is 328 g/mol. The Bertz CT molecular complexity index is 683. The first-order chi connectivity index (χ1) is 12.7. The summed E-state index contributed by atoms with van der Waals surface area (Å²) in [4.78, 5) is 18.4. The SMILES string of the molecule is COc1ccc(CNC(=O)NCC2CCN(c3ccncc3)CC2)cc1. The van der Waals surface area contributed by atoms with E-state index in [1.165, 1.54) is 5.69 Å². The van der Waals surface area contributed by atoms with E-state index >= 15 is 0 Å². The highest BCUT2D eigenvalue weighted by Crippen LogP contribution is 2.22. The van der Waals surface area contributed by atoms with Crippen molar-refractivity contribution in [3.05, 3.63) is 54.4 Å². The number of hydrogen-bond acceptors (Lipinski definition) is 4. The highest BCUT2D eigenvalue weighted by molar-refractivity contribution is 5.73. The van der Waals surface area contributed by atoms with Gasteiger partial charge in [0.15, 0.2) is 0 Å². The smallest absolute Gasteiger partial charge is 0.315 e. The quantitative estimate of drug-likeness (QED) is 0.837. The monoisotopic (exact) mass is 354 g/mol. The van der Waals surface area contributed by atoms with Crippen LogP contribution in [0.25, 0.3) is 0 Å². The molecule has 0 aliphatic carbocycles. The Hall–Kier alpha value is -2.76. The lowest BCUT2D eigenvalue weighted by Crippen LogP contribution is -2.41. The van der Waals surface area contributed by atoms with Gasteiger partial charge in [-0.1, -0.05) is 12.1 Å². The number of carbonyl (C=O) groups is 1. The lowest BCUT2D eigenvalue weighted by molar-refractivity contribution is 0.237. The summed E-state index contributed by atoms with van der Waals surface area (Å²) in [6, 6.07) is 11.7. The van der Waals surface area contributed by atoms with Gasteiger partial charge in [0.2, 0.25) is 0 Å². The van der Waals surface area contributed by atoms with Gasteiger partial charge < -0.3 is 20.3 Å².